The second-order valence-corrected chi connectivity index (χ2v) is 2.48. The van der Waals surface area contributed by atoms with Crippen LogP contribution in [-0.4, -0.2) is 12.1 Å². The SMILES string of the molecule is CC(C)NC(C)C.[Cl-].[Li+]. The molecule has 0 saturated heterocycles. The van der Waals surface area contributed by atoms with Crippen LogP contribution in [0.4, 0.5) is 0 Å². The van der Waals surface area contributed by atoms with E-state index in [-0.39, 0.29) is 31.3 Å². The molecule has 0 radical (unpaired) electrons. The molecule has 0 atom stereocenters. The third-order valence-corrected chi connectivity index (χ3v) is 0.667. The molecule has 0 fully saturated rings. The fourth-order valence-electron chi connectivity index (χ4n) is 0.667. The Morgan fingerprint density at radius 3 is 1.11 bits per heavy atom. The first-order chi connectivity index (χ1) is 3.13. The summed E-state index contributed by atoms with van der Waals surface area (Å²) in [5.41, 5.74) is 0. The van der Waals surface area contributed by atoms with Gasteiger partial charge in [-0.05, 0) is 0 Å². The fourth-order valence-corrected chi connectivity index (χ4v) is 0.667. The molecule has 0 aliphatic heterocycles. The number of rotatable bonds is 2. The Balaban J connectivity index is -0.000000180. The summed E-state index contributed by atoms with van der Waals surface area (Å²) in [5.74, 6) is 0. The Hall–Kier alpha value is 0.847. The molecule has 52 valence electrons. The summed E-state index contributed by atoms with van der Waals surface area (Å²) in [5, 5.41) is 3.31. The van der Waals surface area contributed by atoms with E-state index in [0.29, 0.717) is 12.1 Å². The van der Waals surface area contributed by atoms with E-state index in [1.165, 1.54) is 0 Å². The zero-order valence-electron chi connectivity index (χ0n) is 7.03. The average Bonchev–Trinajstić information content (AvgIpc) is 1.27. The van der Waals surface area contributed by atoms with Crippen LogP contribution in [0.1, 0.15) is 27.7 Å². The Morgan fingerprint density at radius 2 is 1.11 bits per heavy atom. The summed E-state index contributed by atoms with van der Waals surface area (Å²) < 4.78 is 0. The molecule has 0 spiro atoms. The first-order valence-corrected chi connectivity index (χ1v) is 2.89. The first-order valence-electron chi connectivity index (χ1n) is 2.89. The summed E-state index contributed by atoms with van der Waals surface area (Å²) in [4.78, 5) is 0. The molecule has 1 N–H and O–H groups in total. The van der Waals surface area contributed by atoms with Crippen molar-refractivity contribution in [3.8, 4) is 0 Å². The molecule has 0 amide bonds. The predicted molar refractivity (Wildman–Crippen MR) is 33.4 cm³/mol. The summed E-state index contributed by atoms with van der Waals surface area (Å²) in [6, 6.07) is 1.25. The van der Waals surface area contributed by atoms with E-state index in [4.69, 9.17) is 0 Å². The normalized spacial score (nSPS) is 8.67. The van der Waals surface area contributed by atoms with Gasteiger partial charge >= 0.3 is 18.9 Å². The molecule has 0 aromatic rings. The van der Waals surface area contributed by atoms with Gasteiger partial charge in [0.05, 0.1) is 0 Å². The average molecular weight is 144 g/mol. The third-order valence-electron chi connectivity index (χ3n) is 0.667. The summed E-state index contributed by atoms with van der Waals surface area (Å²) in [6.07, 6.45) is 0. The van der Waals surface area contributed by atoms with Crippen LogP contribution < -0.4 is 36.6 Å². The monoisotopic (exact) mass is 143 g/mol. The fraction of sp³-hybridized carbons (Fsp3) is 1.00. The van der Waals surface area contributed by atoms with Gasteiger partial charge in [-0.1, -0.05) is 27.7 Å². The Kier molecular flexibility index (Phi) is 16.2. The molecule has 1 nitrogen and oxygen atoms in total. The van der Waals surface area contributed by atoms with Crippen LogP contribution in [0.5, 0.6) is 0 Å². The number of nitrogens with one attached hydrogen (secondary N) is 1. The molecular weight excluding hydrogens is 128 g/mol. The third kappa shape index (κ3) is 17.7. The van der Waals surface area contributed by atoms with Gasteiger partial charge in [-0.3, -0.25) is 0 Å². The molecular formula is C6H15ClLiN. The van der Waals surface area contributed by atoms with Gasteiger partial charge in [-0.25, -0.2) is 0 Å². The first kappa shape index (κ1) is 16.4. The van der Waals surface area contributed by atoms with Crippen LogP contribution in [0.3, 0.4) is 0 Å². The number of hydrogen-bond donors (Lipinski definition) is 1. The van der Waals surface area contributed by atoms with Gasteiger partial charge in [-0.15, -0.1) is 0 Å². The minimum absolute atomic E-state index is 0. The number of hydrogen-bond acceptors (Lipinski definition) is 1. The maximum absolute atomic E-state index is 3.31. The van der Waals surface area contributed by atoms with Crippen molar-refractivity contribution in [3.63, 3.8) is 0 Å². The van der Waals surface area contributed by atoms with Crippen molar-refractivity contribution in [1.29, 1.82) is 0 Å². The van der Waals surface area contributed by atoms with E-state index >= 15 is 0 Å². The molecule has 0 aliphatic carbocycles. The van der Waals surface area contributed by atoms with Crippen molar-refractivity contribution in [3.05, 3.63) is 0 Å². The second-order valence-electron chi connectivity index (χ2n) is 2.48. The van der Waals surface area contributed by atoms with Crippen LogP contribution in [0.25, 0.3) is 0 Å². The van der Waals surface area contributed by atoms with Crippen LogP contribution in [0, 0.1) is 0 Å². The van der Waals surface area contributed by atoms with Crippen molar-refractivity contribution >= 4 is 0 Å². The van der Waals surface area contributed by atoms with Gasteiger partial charge in [0.15, 0.2) is 0 Å². The van der Waals surface area contributed by atoms with E-state index in [9.17, 15) is 0 Å². The van der Waals surface area contributed by atoms with Crippen LogP contribution in [0.2, 0.25) is 0 Å². The maximum atomic E-state index is 3.31. The van der Waals surface area contributed by atoms with E-state index in [0.717, 1.165) is 0 Å². The minimum Gasteiger partial charge on any atom is -1.00 e. The summed E-state index contributed by atoms with van der Waals surface area (Å²) in [7, 11) is 0. The summed E-state index contributed by atoms with van der Waals surface area (Å²) >= 11 is 0. The van der Waals surface area contributed by atoms with Crippen molar-refractivity contribution in [2.45, 2.75) is 39.8 Å². The van der Waals surface area contributed by atoms with Gasteiger partial charge in [-0.2, -0.15) is 0 Å². The molecule has 0 heterocycles. The molecule has 0 bridgehead atoms. The minimum atomic E-state index is 0. The summed E-state index contributed by atoms with van der Waals surface area (Å²) in [6.45, 7) is 8.61. The van der Waals surface area contributed by atoms with Gasteiger partial charge < -0.3 is 17.7 Å². The van der Waals surface area contributed by atoms with Gasteiger partial charge in [0, 0.05) is 12.1 Å². The Bertz CT molecular complexity index is 42.3. The maximum Gasteiger partial charge on any atom is 1.00 e. The zero-order valence-corrected chi connectivity index (χ0v) is 7.79. The zero-order chi connectivity index (χ0) is 5.86. The van der Waals surface area contributed by atoms with Crippen LogP contribution >= 0.6 is 0 Å². The molecule has 0 saturated carbocycles. The Morgan fingerprint density at radius 1 is 0.889 bits per heavy atom. The molecule has 0 aliphatic rings. The largest absolute Gasteiger partial charge is 1.00 e. The molecule has 3 heteroatoms. The van der Waals surface area contributed by atoms with Gasteiger partial charge in [0.2, 0.25) is 0 Å². The topological polar surface area (TPSA) is 12.0 Å². The second kappa shape index (κ2) is 8.85. The standard InChI is InChI=1S/C6H15N.ClH.Li/c1-5(2)7-6(3)4;;/h5-7H,1-4H3;1H;/q;;+1/p-1. The molecule has 9 heavy (non-hydrogen) atoms. The van der Waals surface area contributed by atoms with Gasteiger partial charge in [0.1, 0.15) is 0 Å². The Labute approximate surface area is 76.6 Å². The predicted octanol–water partition coefficient (Wildman–Crippen LogP) is -4.60. The number of halogens is 1. The van der Waals surface area contributed by atoms with E-state index in [1.807, 2.05) is 0 Å². The molecule has 0 aromatic heterocycles. The van der Waals surface area contributed by atoms with E-state index < -0.39 is 0 Å². The van der Waals surface area contributed by atoms with Crippen molar-refractivity contribution in [1.82, 2.24) is 5.32 Å². The van der Waals surface area contributed by atoms with Crippen molar-refractivity contribution < 1.29 is 31.3 Å². The molecule has 0 rings (SSSR count). The van der Waals surface area contributed by atoms with Gasteiger partial charge in [0.25, 0.3) is 0 Å². The van der Waals surface area contributed by atoms with Crippen LogP contribution in [-0.2, 0) is 0 Å². The van der Waals surface area contributed by atoms with Crippen molar-refractivity contribution in [2.24, 2.45) is 0 Å². The smallest absolute Gasteiger partial charge is 1.00 e. The van der Waals surface area contributed by atoms with E-state index in [2.05, 4.69) is 33.0 Å². The quantitative estimate of drug-likeness (QED) is 0.384. The molecule has 0 aromatic carbocycles. The van der Waals surface area contributed by atoms with Crippen molar-refractivity contribution in [2.75, 3.05) is 0 Å². The molecule has 0 unspecified atom stereocenters. The van der Waals surface area contributed by atoms with E-state index in [1.54, 1.807) is 0 Å². The van der Waals surface area contributed by atoms with Crippen LogP contribution in [0.15, 0.2) is 0 Å².